The summed E-state index contributed by atoms with van der Waals surface area (Å²) in [5.74, 6) is -3.31. The zero-order chi connectivity index (χ0) is 32.5. The number of fused-ring (bicyclic) bond motifs is 5. The number of amides is 2. The molecule has 8 rings (SSSR count). The average molecular weight is 652 g/mol. The van der Waals surface area contributed by atoms with Gasteiger partial charge in [0.15, 0.2) is 5.78 Å². The van der Waals surface area contributed by atoms with Crippen molar-refractivity contribution in [2.45, 2.75) is 10.8 Å². The third-order valence-electron chi connectivity index (χ3n) is 9.97. The number of halogens is 2. The van der Waals surface area contributed by atoms with E-state index >= 15 is 4.79 Å². The van der Waals surface area contributed by atoms with Crippen molar-refractivity contribution in [3.05, 3.63) is 171 Å². The molecular formula is C40H24Cl2N2O3. The van der Waals surface area contributed by atoms with Gasteiger partial charge in [-0.05, 0) is 81.9 Å². The Hall–Kier alpha value is -5.28. The maximum Gasteiger partial charge on any atom is 0.239 e. The molecule has 5 aromatic rings. The van der Waals surface area contributed by atoms with Gasteiger partial charge in [0.05, 0.1) is 40.0 Å². The van der Waals surface area contributed by atoms with Crippen LogP contribution in [-0.4, -0.2) is 17.6 Å². The summed E-state index contributed by atoms with van der Waals surface area (Å²) in [7, 11) is 0. The molecule has 47 heavy (non-hydrogen) atoms. The molecular weight excluding hydrogens is 627 g/mol. The number of benzene rings is 5. The summed E-state index contributed by atoms with van der Waals surface area (Å²) in [5, 5.41) is 10.4. The van der Waals surface area contributed by atoms with Gasteiger partial charge in [-0.15, -0.1) is 0 Å². The topological polar surface area (TPSA) is 78.2 Å². The van der Waals surface area contributed by atoms with Crippen molar-refractivity contribution in [1.29, 1.82) is 5.26 Å². The van der Waals surface area contributed by atoms with Crippen LogP contribution in [0.25, 0.3) is 11.1 Å². The molecule has 0 N–H and O–H groups in total. The van der Waals surface area contributed by atoms with Crippen LogP contribution < -0.4 is 4.90 Å². The summed E-state index contributed by atoms with van der Waals surface area (Å²) in [4.78, 5) is 47.1. The molecule has 2 amide bonds. The predicted octanol–water partition coefficient (Wildman–Crippen LogP) is 8.05. The van der Waals surface area contributed by atoms with Crippen molar-refractivity contribution >= 4 is 57.6 Å². The molecule has 226 valence electrons. The summed E-state index contributed by atoms with van der Waals surface area (Å²) < 4.78 is 0. The first-order valence-corrected chi connectivity index (χ1v) is 15.9. The number of hydrogen-bond acceptors (Lipinski definition) is 4. The number of nitrogens with zero attached hydrogens (tertiary/aromatic N) is 2. The third kappa shape index (κ3) is 3.80. The van der Waals surface area contributed by atoms with E-state index in [2.05, 4.69) is 6.07 Å². The molecule has 3 aliphatic rings. The SMILES string of the molecule is N#Cc1ccc(N2C(=O)[C@H]3[C@H](C2=O)[C@]2(c4ccc(Cl)cc4)C(=O)[C@@]3(c3ccc(Cl)cc3)C(c3ccccc3)=C2c2ccccc2)cc1. The Labute approximate surface area is 281 Å². The third-order valence-corrected chi connectivity index (χ3v) is 10.5. The summed E-state index contributed by atoms with van der Waals surface area (Å²) in [6, 6.07) is 41.8. The predicted molar refractivity (Wildman–Crippen MR) is 182 cm³/mol. The summed E-state index contributed by atoms with van der Waals surface area (Å²) in [6.07, 6.45) is 0. The monoisotopic (exact) mass is 650 g/mol. The average Bonchev–Trinajstić information content (AvgIpc) is 3.61. The van der Waals surface area contributed by atoms with Gasteiger partial charge in [-0.2, -0.15) is 5.26 Å². The number of carbonyl (C=O) groups is 3. The first kappa shape index (κ1) is 29.1. The second-order valence-electron chi connectivity index (χ2n) is 12.1. The highest BCUT2D eigenvalue weighted by Crippen LogP contribution is 2.74. The molecule has 0 radical (unpaired) electrons. The van der Waals surface area contributed by atoms with Crippen LogP contribution in [0.3, 0.4) is 0 Å². The molecule has 2 fully saturated rings. The lowest BCUT2D eigenvalue weighted by Crippen LogP contribution is -2.45. The van der Waals surface area contributed by atoms with Gasteiger partial charge in [0.1, 0.15) is 0 Å². The highest BCUT2D eigenvalue weighted by atomic mass is 35.5. The van der Waals surface area contributed by atoms with Crippen molar-refractivity contribution in [2.24, 2.45) is 11.8 Å². The maximum atomic E-state index is 15.9. The van der Waals surface area contributed by atoms with Crippen LogP contribution in [0.1, 0.15) is 27.8 Å². The van der Waals surface area contributed by atoms with Gasteiger partial charge in [0.25, 0.3) is 0 Å². The zero-order valence-corrected chi connectivity index (χ0v) is 26.2. The Morgan fingerprint density at radius 2 is 0.957 bits per heavy atom. The standard InChI is InChI=1S/C40H24Cl2N2O3/c41-29-17-13-27(14-18-29)39-32(25-7-3-1-4-8-25)33(26-9-5-2-6-10-26)40(38(39)47,28-15-19-30(42)20-16-28)35-34(39)36(45)44(37(35)46)31-21-11-24(23-43)12-22-31/h1-22,34-35H/t34-,35-,39-,40+/m1/s1. The Morgan fingerprint density at radius 3 is 1.34 bits per heavy atom. The molecule has 7 heteroatoms. The number of imide groups is 1. The number of rotatable bonds is 5. The molecule has 4 atom stereocenters. The highest BCUT2D eigenvalue weighted by Gasteiger charge is 2.82. The van der Waals surface area contributed by atoms with Gasteiger partial charge in [-0.1, -0.05) is 108 Å². The lowest BCUT2D eigenvalue weighted by molar-refractivity contribution is -0.130. The highest BCUT2D eigenvalue weighted by molar-refractivity contribution is 6.39. The van der Waals surface area contributed by atoms with E-state index in [1.165, 1.54) is 4.90 Å². The van der Waals surface area contributed by atoms with Crippen molar-refractivity contribution in [1.82, 2.24) is 0 Å². The van der Waals surface area contributed by atoms with Crippen molar-refractivity contribution in [3.8, 4) is 6.07 Å². The zero-order valence-electron chi connectivity index (χ0n) is 24.7. The quantitative estimate of drug-likeness (QED) is 0.180. The summed E-state index contributed by atoms with van der Waals surface area (Å²) in [5.41, 5.74) is 1.77. The molecule has 0 unspecified atom stereocenters. The van der Waals surface area contributed by atoms with Crippen LogP contribution in [-0.2, 0) is 25.2 Å². The van der Waals surface area contributed by atoms with E-state index in [0.29, 0.717) is 43.6 Å². The minimum absolute atomic E-state index is 0.233. The van der Waals surface area contributed by atoms with Gasteiger partial charge < -0.3 is 0 Å². The van der Waals surface area contributed by atoms with Crippen molar-refractivity contribution < 1.29 is 14.4 Å². The lowest BCUT2D eigenvalue weighted by atomic mass is 9.59. The van der Waals surface area contributed by atoms with E-state index < -0.39 is 34.5 Å². The molecule has 5 aromatic carbocycles. The van der Waals surface area contributed by atoms with Gasteiger partial charge in [0, 0.05) is 10.0 Å². The van der Waals surface area contributed by atoms with Crippen LogP contribution in [0, 0.1) is 23.2 Å². The number of ketones is 1. The summed E-state index contributed by atoms with van der Waals surface area (Å²) in [6.45, 7) is 0. The lowest BCUT2D eigenvalue weighted by Gasteiger charge is -2.39. The summed E-state index contributed by atoms with van der Waals surface area (Å²) >= 11 is 12.8. The van der Waals surface area contributed by atoms with E-state index in [1.807, 2.05) is 60.7 Å². The number of hydrogen-bond donors (Lipinski definition) is 0. The minimum Gasteiger partial charge on any atom is -0.297 e. The van der Waals surface area contributed by atoms with Gasteiger partial charge >= 0.3 is 0 Å². The van der Waals surface area contributed by atoms with E-state index in [9.17, 15) is 14.9 Å². The minimum atomic E-state index is -1.55. The molecule has 1 aliphatic heterocycles. The van der Waals surface area contributed by atoms with E-state index in [4.69, 9.17) is 23.2 Å². The number of allylic oxidation sites excluding steroid dienone is 2. The van der Waals surface area contributed by atoms with Crippen LogP contribution in [0.4, 0.5) is 5.69 Å². The Morgan fingerprint density at radius 1 is 0.553 bits per heavy atom. The number of carbonyl (C=O) groups excluding carboxylic acids is 3. The molecule has 1 heterocycles. The first-order valence-electron chi connectivity index (χ1n) is 15.2. The second-order valence-corrected chi connectivity index (χ2v) is 12.9. The molecule has 0 spiro atoms. The maximum absolute atomic E-state index is 15.9. The Kier molecular flexibility index (Phi) is 6.59. The molecule has 0 aromatic heterocycles. The molecule has 1 saturated carbocycles. The molecule has 2 aliphatic carbocycles. The van der Waals surface area contributed by atoms with Crippen LogP contribution in [0.2, 0.25) is 10.0 Å². The molecule has 5 nitrogen and oxygen atoms in total. The number of nitriles is 1. The van der Waals surface area contributed by atoms with E-state index in [0.717, 1.165) is 11.1 Å². The Bertz CT molecular complexity index is 2050. The van der Waals surface area contributed by atoms with Gasteiger partial charge in [-0.3, -0.25) is 14.4 Å². The molecule has 1 saturated heterocycles. The normalized spacial score (nSPS) is 24.5. The van der Waals surface area contributed by atoms with E-state index in [1.54, 1.807) is 72.8 Å². The van der Waals surface area contributed by atoms with Crippen molar-refractivity contribution in [3.63, 3.8) is 0 Å². The van der Waals surface area contributed by atoms with Crippen LogP contribution >= 0.6 is 23.2 Å². The fourth-order valence-corrected chi connectivity index (χ4v) is 8.55. The van der Waals surface area contributed by atoms with Crippen molar-refractivity contribution in [2.75, 3.05) is 4.90 Å². The second kappa shape index (κ2) is 10.6. The number of anilines is 1. The molecule has 2 bridgehead atoms. The fourth-order valence-electron chi connectivity index (χ4n) is 8.30. The smallest absolute Gasteiger partial charge is 0.239 e. The largest absolute Gasteiger partial charge is 0.297 e. The Balaban J connectivity index is 1.54. The van der Waals surface area contributed by atoms with Gasteiger partial charge in [0.2, 0.25) is 11.8 Å². The number of Topliss-reactive ketones (excluding diaryl/α,β-unsaturated/α-hetero) is 1. The first-order chi connectivity index (χ1) is 22.8. The van der Waals surface area contributed by atoms with Gasteiger partial charge in [-0.25, -0.2) is 4.90 Å². The van der Waals surface area contributed by atoms with E-state index in [-0.39, 0.29) is 5.78 Å². The van der Waals surface area contributed by atoms with Crippen LogP contribution in [0.5, 0.6) is 0 Å². The fraction of sp³-hybridized carbons (Fsp3) is 0.100. The van der Waals surface area contributed by atoms with Crippen LogP contribution in [0.15, 0.2) is 133 Å².